The normalized spacial score (nSPS) is 25.9. The van der Waals surface area contributed by atoms with Crippen molar-refractivity contribution >= 4 is 5.97 Å². The topological polar surface area (TPSA) is 76.2 Å². The van der Waals surface area contributed by atoms with Crippen molar-refractivity contribution in [2.45, 2.75) is 57.8 Å². The van der Waals surface area contributed by atoms with Gasteiger partial charge in [-0.15, -0.1) is 0 Å². The minimum Gasteiger partial charge on any atom is -0.481 e. The van der Waals surface area contributed by atoms with Gasteiger partial charge < -0.3 is 9.63 Å². The predicted molar refractivity (Wildman–Crippen MR) is 65.3 cm³/mol. The molecule has 0 radical (unpaired) electrons. The van der Waals surface area contributed by atoms with Crippen LogP contribution in [-0.2, 0) is 4.79 Å². The first-order valence-electron chi connectivity index (χ1n) is 6.69. The molecule has 18 heavy (non-hydrogen) atoms. The number of hydrogen-bond acceptors (Lipinski definition) is 4. The number of carbonyl (C=O) groups is 1. The van der Waals surface area contributed by atoms with Crippen LogP contribution in [0.5, 0.6) is 0 Å². The van der Waals surface area contributed by atoms with Gasteiger partial charge in [-0.3, -0.25) is 4.79 Å². The summed E-state index contributed by atoms with van der Waals surface area (Å²) >= 11 is 0. The van der Waals surface area contributed by atoms with Gasteiger partial charge in [0.25, 0.3) is 0 Å². The standard InChI is InChI=1S/C13H20N2O3/c1-3-8(2)11-14-12(18-15-11)9-6-4-5-7-10(9)13(16)17/h8-10H,3-7H2,1-2H3,(H,16,17). The van der Waals surface area contributed by atoms with Gasteiger partial charge in [-0.2, -0.15) is 4.98 Å². The monoisotopic (exact) mass is 252 g/mol. The second kappa shape index (κ2) is 5.50. The number of rotatable bonds is 4. The van der Waals surface area contributed by atoms with Crippen molar-refractivity contribution < 1.29 is 14.4 Å². The molecule has 1 heterocycles. The van der Waals surface area contributed by atoms with E-state index in [4.69, 9.17) is 4.52 Å². The Bertz CT molecular complexity index is 416. The van der Waals surface area contributed by atoms with Crippen molar-refractivity contribution in [3.05, 3.63) is 11.7 Å². The van der Waals surface area contributed by atoms with Crippen molar-refractivity contribution in [2.24, 2.45) is 5.92 Å². The SMILES string of the molecule is CCC(C)c1noc(C2CCCCC2C(=O)O)n1. The lowest BCUT2D eigenvalue weighted by Gasteiger charge is -2.25. The van der Waals surface area contributed by atoms with E-state index in [0.717, 1.165) is 25.7 Å². The lowest BCUT2D eigenvalue weighted by molar-refractivity contribution is -0.143. The predicted octanol–water partition coefficient (Wildman–Crippen LogP) is 2.94. The summed E-state index contributed by atoms with van der Waals surface area (Å²) in [5.74, 6) is 0.238. The third-order valence-corrected chi connectivity index (χ3v) is 3.91. The van der Waals surface area contributed by atoms with Crippen LogP contribution in [0.4, 0.5) is 0 Å². The van der Waals surface area contributed by atoms with Crippen molar-refractivity contribution in [1.29, 1.82) is 0 Å². The number of nitrogens with zero attached hydrogens (tertiary/aromatic N) is 2. The second-order valence-corrected chi connectivity index (χ2v) is 5.14. The van der Waals surface area contributed by atoms with E-state index in [1.165, 1.54) is 0 Å². The summed E-state index contributed by atoms with van der Waals surface area (Å²) in [6.45, 7) is 4.12. The molecule has 1 saturated carbocycles. The average Bonchev–Trinajstić information content (AvgIpc) is 2.87. The zero-order chi connectivity index (χ0) is 13.1. The molecule has 0 aliphatic heterocycles. The molecule has 1 aromatic rings. The Balaban J connectivity index is 2.18. The van der Waals surface area contributed by atoms with Gasteiger partial charge in [-0.25, -0.2) is 0 Å². The third-order valence-electron chi connectivity index (χ3n) is 3.91. The third kappa shape index (κ3) is 2.54. The molecular weight excluding hydrogens is 232 g/mol. The molecule has 2 rings (SSSR count). The quantitative estimate of drug-likeness (QED) is 0.891. The highest BCUT2D eigenvalue weighted by atomic mass is 16.5. The Morgan fingerprint density at radius 1 is 1.50 bits per heavy atom. The summed E-state index contributed by atoms with van der Waals surface area (Å²) in [5.41, 5.74) is 0. The Morgan fingerprint density at radius 2 is 2.22 bits per heavy atom. The van der Waals surface area contributed by atoms with Gasteiger partial charge in [-0.1, -0.05) is 31.8 Å². The highest BCUT2D eigenvalue weighted by Crippen LogP contribution is 2.37. The van der Waals surface area contributed by atoms with Crippen LogP contribution in [0.3, 0.4) is 0 Å². The van der Waals surface area contributed by atoms with Gasteiger partial charge in [-0.05, 0) is 19.3 Å². The Kier molecular flexibility index (Phi) is 3.99. The molecule has 0 spiro atoms. The van der Waals surface area contributed by atoms with Crippen LogP contribution in [-0.4, -0.2) is 21.2 Å². The molecule has 3 unspecified atom stereocenters. The highest BCUT2D eigenvalue weighted by Gasteiger charge is 2.35. The van der Waals surface area contributed by atoms with Gasteiger partial charge in [0.1, 0.15) is 0 Å². The molecule has 0 saturated heterocycles. The second-order valence-electron chi connectivity index (χ2n) is 5.14. The maximum atomic E-state index is 11.2. The average molecular weight is 252 g/mol. The van der Waals surface area contributed by atoms with E-state index in [0.29, 0.717) is 18.1 Å². The summed E-state index contributed by atoms with van der Waals surface area (Å²) < 4.78 is 5.28. The molecule has 1 aliphatic carbocycles. The van der Waals surface area contributed by atoms with E-state index in [2.05, 4.69) is 17.1 Å². The lowest BCUT2D eigenvalue weighted by Crippen LogP contribution is -2.25. The van der Waals surface area contributed by atoms with Crippen LogP contribution >= 0.6 is 0 Å². The summed E-state index contributed by atoms with van der Waals surface area (Å²) in [4.78, 5) is 15.6. The van der Waals surface area contributed by atoms with Crippen molar-refractivity contribution in [3.8, 4) is 0 Å². The Labute approximate surface area is 107 Å². The molecule has 1 aromatic heterocycles. The maximum Gasteiger partial charge on any atom is 0.307 e. The smallest absolute Gasteiger partial charge is 0.307 e. The maximum absolute atomic E-state index is 11.2. The van der Waals surface area contributed by atoms with Crippen LogP contribution in [0.1, 0.15) is 69.5 Å². The van der Waals surface area contributed by atoms with E-state index in [-0.39, 0.29) is 17.8 Å². The number of hydrogen-bond donors (Lipinski definition) is 1. The van der Waals surface area contributed by atoms with Gasteiger partial charge in [0.15, 0.2) is 5.82 Å². The molecule has 1 aliphatic rings. The molecule has 0 amide bonds. The molecule has 1 N–H and O–H groups in total. The van der Waals surface area contributed by atoms with E-state index >= 15 is 0 Å². The molecule has 0 aromatic carbocycles. The van der Waals surface area contributed by atoms with E-state index < -0.39 is 5.97 Å². The molecular formula is C13H20N2O3. The van der Waals surface area contributed by atoms with E-state index in [9.17, 15) is 9.90 Å². The van der Waals surface area contributed by atoms with Gasteiger partial charge >= 0.3 is 5.97 Å². The molecule has 0 bridgehead atoms. The number of aromatic nitrogens is 2. The fraction of sp³-hybridized carbons (Fsp3) is 0.769. The number of carboxylic acids is 1. The van der Waals surface area contributed by atoms with Crippen LogP contribution < -0.4 is 0 Å². The summed E-state index contributed by atoms with van der Waals surface area (Å²) in [7, 11) is 0. The van der Waals surface area contributed by atoms with Gasteiger partial charge in [0.05, 0.1) is 11.8 Å². The molecule has 5 nitrogen and oxygen atoms in total. The highest BCUT2D eigenvalue weighted by molar-refractivity contribution is 5.71. The fourth-order valence-corrected chi connectivity index (χ4v) is 2.50. The largest absolute Gasteiger partial charge is 0.481 e. The Hall–Kier alpha value is -1.39. The number of carboxylic acid groups (broad SMARTS) is 1. The van der Waals surface area contributed by atoms with E-state index in [1.54, 1.807) is 0 Å². The van der Waals surface area contributed by atoms with Crippen LogP contribution in [0.15, 0.2) is 4.52 Å². The summed E-state index contributed by atoms with van der Waals surface area (Å²) in [6, 6.07) is 0. The van der Waals surface area contributed by atoms with Crippen LogP contribution in [0.2, 0.25) is 0 Å². The molecule has 1 fully saturated rings. The summed E-state index contributed by atoms with van der Waals surface area (Å²) in [5, 5.41) is 13.2. The minimum absolute atomic E-state index is 0.110. The van der Waals surface area contributed by atoms with Crippen molar-refractivity contribution in [2.75, 3.05) is 0 Å². The first-order valence-corrected chi connectivity index (χ1v) is 6.69. The summed E-state index contributed by atoms with van der Waals surface area (Å²) in [6.07, 6.45) is 4.50. The first-order chi connectivity index (χ1) is 8.63. The molecule has 100 valence electrons. The van der Waals surface area contributed by atoms with E-state index in [1.807, 2.05) is 6.92 Å². The lowest BCUT2D eigenvalue weighted by atomic mass is 9.79. The van der Waals surface area contributed by atoms with Crippen LogP contribution in [0, 0.1) is 5.92 Å². The molecule has 3 atom stereocenters. The van der Waals surface area contributed by atoms with Gasteiger partial charge in [0.2, 0.25) is 5.89 Å². The zero-order valence-electron chi connectivity index (χ0n) is 10.9. The minimum atomic E-state index is -0.747. The zero-order valence-corrected chi connectivity index (χ0v) is 10.9. The van der Waals surface area contributed by atoms with Crippen molar-refractivity contribution in [3.63, 3.8) is 0 Å². The number of aliphatic carboxylic acids is 1. The molecule has 5 heteroatoms. The van der Waals surface area contributed by atoms with Crippen molar-refractivity contribution in [1.82, 2.24) is 10.1 Å². The fourth-order valence-electron chi connectivity index (χ4n) is 2.50. The Morgan fingerprint density at radius 3 is 2.89 bits per heavy atom. The van der Waals surface area contributed by atoms with Crippen LogP contribution in [0.25, 0.3) is 0 Å². The first kappa shape index (κ1) is 13.1. The van der Waals surface area contributed by atoms with Gasteiger partial charge in [0, 0.05) is 5.92 Å².